The topological polar surface area (TPSA) is 74.9 Å². The molecule has 1 aliphatic rings. The normalized spacial score (nSPS) is 17.8. The number of furan rings is 1. The molecular formula is C11H16N2O4. The summed E-state index contributed by atoms with van der Waals surface area (Å²) in [5.74, 6) is 0.451. The number of aliphatic hydroxyl groups is 1. The minimum atomic E-state index is -0.810. The summed E-state index contributed by atoms with van der Waals surface area (Å²) in [6.45, 7) is 2.44. The van der Waals surface area contributed by atoms with Crippen LogP contribution >= 0.6 is 0 Å². The lowest BCUT2D eigenvalue weighted by Crippen LogP contribution is -2.47. The summed E-state index contributed by atoms with van der Waals surface area (Å²) in [5, 5.41) is 12.4. The third-order valence-corrected chi connectivity index (χ3v) is 2.62. The van der Waals surface area contributed by atoms with Crippen molar-refractivity contribution in [1.82, 2.24) is 10.2 Å². The van der Waals surface area contributed by atoms with Crippen LogP contribution in [-0.4, -0.2) is 48.9 Å². The van der Waals surface area contributed by atoms with Gasteiger partial charge in [0.2, 0.25) is 0 Å². The van der Waals surface area contributed by atoms with Gasteiger partial charge >= 0.3 is 6.03 Å². The SMILES string of the molecule is O=C(NCC(O)c1ccco1)N1CCOCC1. The van der Waals surface area contributed by atoms with Crippen molar-refractivity contribution < 1.29 is 19.1 Å². The number of morpholine rings is 1. The second-order valence-corrected chi connectivity index (χ2v) is 3.82. The molecule has 17 heavy (non-hydrogen) atoms. The van der Waals surface area contributed by atoms with E-state index in [1.165, 1.54) is 6.26 Å². The molecule has 2 amide bonds. The molecule has 6 nitrogen and oxygen atoms in total. The summed E-state index contributed by atoms with van der Waals surface area (Å²) in [6.07, 6.45) is 0.678. The number of rotatable bonds is 3. The molecule has 1 saturated heterocycles. The molecule has 2 heterocycles. The standard InChI is InChI=1S/C11H16N2O4/c14-9(10-2-1-5-17-10)8-12-11(15)13-3-6-16-7-4-13/h1-2,5,9,14H,3-4,6-8H2,(H,12,15). The maximum absolute atomic E-state index is 11.7. The van der Waals surface area contributed by atoms with E-state index in [4.69, 9.17) is 9.15 Å². The molecule has 0 spiro atoms. The predicted octanol–water partition coefficient (Wildman–Crippen LogP) is 0.355. The third kappa shape index (κ3) is 3.21. The monoisotopic (exact) mass is 240 g/mol. The maximum Gasteiger partial charge on any atom is 0.317 e. The van der Waals surface area contributed by atoms with Gasteiger partial charge in [0.05, 0.1) is 26.0 Å². The Bertz CT molecular complexity index is 346. The maximum atomic E-state index is 11.7. The van der Waals surface area contributed by atoms with Crippen LogP contribution in [0.25, 0.3) is 0 Å². The second-order valence-electron chi connectivity index (χ2n) is 3.82. The van der Waals surface area contributed by atoms with Crippen molar-refractivity contribution in [1.29, 1.82) is 0 Å². The van der Waals surface area contributed by atoms with Crippen molar-refractivity contribution >= 4 is 6.03 Å². The van der Waals surface area contributed by atoms with Crippen LogP contribution in [0, 0.1) is 0 Å². The number of urea groups is 1. The highest BCUT2D eigenvalue weighted by molar-refractivity contribution is 5.74. The molecular weight excluding hydrogens is 224 g/mol. The first-order valence-electron chi connectivity index (χ1n) is 5.59. The Morgan fingerprint density at radius 2 is 2.29 bits per heavy atom. The molecule has 1 fully saturated rings. The third-order valence-electron chi connectivity index (χ3n) is 2.62. The van der Waals surface area contributed by atoms with Gasteiger partial charge in [0.25, 0.3) is 0 Å². The fraction of sp³-hybridized carbons (Fsp3) is 0.545. The van der Waals surface area contributed by atoms with E-state index in [1.54, 1.807) is 17.0 Å². The molecule has 2 N–H and O–H groups in total. The second kappa shape index (κ2) is 5.70. The zero-order chi connectivity index (χ0) is 12.1. The molecule has 1 aromatic heterocycles. The zero-order valence-electron chi connectivity index (χ0n) is 9.46. The van der Waals surface area contributed by atoms with Crippen LogP contribution in [0.3, 0.4) is 0 Å². The Labute approximate surface area is 99.2 Å². The van der Waals surface area contributed by atoms with Gasteiger partial charge in [0.15, 0.2) is 0 Å². The molecule has 1 atom stereocenters. The van der Waals surface area contributed by atoms with Crippen LogP contribution in [0.5, 0.6) is 0 Å². The van der Waals surface area contributed by atoms with Crippen molar-refractivity contribution in [2.24, 2.45) is 0 Å². The number of carbonyl (C=O) groups excluding carboxylic acids is 1. The smallest absolute Gasteiger partial charge is 0.317 e. The Hall–Kier alpha value is -1.53. The van der Waals surface area contributed by atoms with Gasteiger partial charge in [-0.15, -0.1) is 0 Å². The van der Waals surface area contributed by atoms with Gasteiger partial charge < -0.3 is 24.5 Å². The van der Waals surface area contributed by atoms with Gasteiger partial charge in [-0.2, -0.15) is 0 Å². The number of aliphatic hydroxyl groups excluding tert-OH is 1. The van der Waals surface area contributed by atoms with Crippen LogP contribution < -0.4 is 5.32 Å². The summed E-state index contributed by atoms with van der Waals surface area (Å²) in [4.78, 5) is 13.4. The first-order chi connectivity index (χ1) is 8.27. The van der Waals surface area contributed by atoms with Crippen molar-refractivity contribution in [2.75, 3.05) is 32.8 Å². The molecule has 1 unspecified atom stereocenters. The van der Waals surface area contributed by atoms with Gasteiger partial charge in [-0.05, 0) is 12.1 Å². The lowest BCUT2D eigenvalue weighted by atomic mass is 10.3. The van der Waals surface area contributed by atoms with E-state index in [-0.39, 0.29) is 12.6 Å². The number of ether oxygens (including phenoxy) is 1. The predicted molar refractivity (Wildman–Crippen MR) is 59.5 cm³/mol. The molecule has 0 saturated carbocycles. The number of amides is 2. The average molecular weight is 240 g/mol. The Morgan fingerprint density at radius 1 is 1.53 bits per heavy atom. The number of hydrogen-bond acceptors (Lipinski definition) is 4. The molecule has 1 aromatic rings. The highest BCUT2D eigenvalue weighted by atomic mass is 16.5. The summed E-state index contributed by atoms with van der Waals surface area (Å²) in [6, 6.07) is 3.19. The van der Waals surface area contributed by atoms with Gasteiger partial charge in [-0.25, -0.2) is 4.79 Å². The van der Waals surface area contributed by atoms with E-state index in [9.17, 15) is 9.90 Å². The van der Waals surface area contributed by atoms with Crippen LogP contribution in [0.1, 0.15) is 11.9 Å². The molecule has 94 valence electrons. The highest BCUT2D eigenvalue weighted by Crippen LogP contribution is 2.11. The van der Waals surface area contributed by atoms with Gasteiger partial charge in [-0.1, -0.05) is 0 Å². The molecule has 0 aromatic carbocycles. The van der Waals surface area contributed by atoms with E-state index in [0.717, 1.165) is 0 Å². The molecule has 0 bridgehead atoms. The Kier molecular flexibility index (Phi) is 4.00. The lowest BCUT2D eigenvalue weighted by Gasteiger charge is -2.27. The Morgan fingerprint density at radius 3 is 2.94 bits per heavy atom. The van der Waals surface area contributed by atoms with E-state index in [0.29, 0.717) is 32.1 Å². The van der Waals surface area contributed by atoms with E-state index in [2.05, 4.69) is 5.32 Å². The van der Waals surface area contributed by atoms with Crippen molar-refractivity contribution in [2.45, 2.75) is 6.10 Å². The number of hydrogen-bond donors (Lipinski definition) is 2. The minimum Gasteiger partial charge on any atom is -0.467 e. The summed E-state index contributed by atoms with van der Waals surface area (Å²) in [7, 11) is 0. The van der Waals surface area contributed by atoms with Gasteiger partial charge in [0.1, 0.15) is 11.9 Å². The lowest BCUT2D eigenvalue weighted by molar-refractivity contribution is 0.0518. The fourth-order valence-corrected chi connectivity index (χ4v) is 1.64. The molecule has 6 heteroatoms. The largest absolute Gasteiger partial charge is 0.467 e. The van der Waals surface area contributed by atoms with Crippen LogP contribution in [-0.2, 0) is 4.74 Å². The van der Waals surface area contributed by atoms with Crippen LogP contribution in [0.15, 0.2) is 22.8 Å². The van der Waals surface area contributed by atoms with Gasteiger partial charge in [-0.3, -0.25) is 0 Å². The van der Waals surface area contributed by atoms with Crippen molar-refractivity contribution in [3.8, 4) is 0 Å². The average Bonchev–Trinajstić information content (AvgIpc) is 2.90. The van der Waals surface area contributed by atoms with E-state index < -0.39 is 6.10 Å². The number of nitrogens with one attached hydrogen (secondary N) is 1. The Balaban J connectivity index is 1.75. The molecule has 0 aliphatic carbocycles. The molecule has 1 aliphatic heterocycles. The first-order valence-corrected chi connectivity index (χ1v) is 5.59. The van der Waals surface area contributed by atoms with Crippen molar-refractivity contribution in [3.05, 3.63) is 24.2 Å². The van der Waals surface area contributed by atoms with Gasteiger partial charge in [0, 0.05) is 13.1 Å². The van der Waals surface area contributed by atoms with Crippen LogP contribution in [0.2, 0.25) is 0 Å². The van der Waals surface area contributed by atoms with Crippen molar-refractivity contribution in [3.63, 3.8) is 0 Å². The highest BCUT2D eigenvalue weighted by Gasteiger charge is 2.18. The fourth-order valence-electron chi connectivity index (χ4n) is 1.64. The quantitative estimate of drug-likeness (QED) is 0.799. The van der Waals surface area contributed by atoms with Crippen LogP contribution in [0.4, 0.5) is 4.79 Å². The molecule has 2 rings (SSSR count). The summed E-state index contributed by atoms with van der Waals surface area (Å²) >= 11 is 0. The number of nitrogens with zero attached hydrogens (tertiary/aromatic N) is 1. The van der Waals surface area contributed by atoms with E-state index in [1.807, 2.05) is 0 Å². The zero-order valence-corrected chi connectivity index (χ0v) is 9.46. The minimum absolute atomic E-state index is 0.143. The molecule has 0 radical (unpaired) electrons. The first kappa shape index (κ1) is 11.9. The number of carbonyl (C=O) groups is 1. The van der Waals surface area contributed by atoms with E-state index >= 15 is 0 Å². The summed E-state index contributed by atoms with van der Waals surface area (Å²) in [5.41, 5.74) is 0. The summed E-state index contributed by atoms with van der Waals surface area (Å²) < 4.78 is 10.2.